The predicted molar refractivity (Wildman–Crippen MR) is 108 cm³/mol. The number of nitrogens with zero attached hydrogens (tertiary/aromatic N) is 1. The highest BCUT2D eigenvalue weighted by molar-refractivity contribution is 7.99. The van der Waals surface area contributed by atoms with Crippen LogP contribution >= 0.6 is 11.8 Å². The van der Waals surface area contributed by atoms with E-state index < -0.39 is 6.10 Å². The van der Waals surface area contributed by atoms with Crippen molar-refractivity contribution in [1.82, 2.24) is 9.88 Å². The number of para-hydroxylation sites is 1. The van der Waals surface area contributed by atoms with Crippen molar-refractivity contribution in [3.63, 3.8) is 0 Å². The number of benzene rings is 2. The number of carbonyl (C=O) groups excluding carboxylic acids is 1. The summed E-state index contributed by atoms with van der Waals surface area (Å²) < 4.78 is 20.9. The number of amides is 1. The SMILES string of the molecule is CCn1cc(SCCNC(=O)C(C)Oc2cccc(F)c2)c2ccccc21. The minimum atomic E-state index is -0.682. The Kier molecular flexibility index (Phi) is 6.40. The molecule has 0 bridgehead atoms. The molecule has 2 aromatic carbocycles. The normalized spacial score (nSPS) is 12.1. The lowest BCUT2D eigenvalue weighted by atomic mass is 10.2. The van der Waals surface area contributed by atoms with Gasteiger partial charge in [0.1, 0.15) is 11.6 Å². The molecule has 1 N–H and O–H groups in total. The number of thioether (sulfide) groups is 1. The first-order valence-corrected chi connectivity index (χ1v) is 9.97. The highest BCUT2D eigenvalue weighted by atomic mass is 32.2. The largest absolute Gasteiger partial charge is 0.481 e. The van der Waals surface area contributed by atoms with E-state index in [0.717, 1.165) is 12.3 Å². The van der Waals surface area contributed by atoms with Crippen LogP contribution in [-0.2, 0) is 11.3 Å². The molecule has 1 atom stereocenters. The van der Waals surface area contributed by atoms with Crippen LogP contribution in [0.15, 0.2) is 59.6 Å². The van der Waals surface area contributed by atoms with Gasteiger partial charge in [0, 0.05) is 46.9 Å². The molecule has 0 saturated heterocycles. The van der Waals surface area contributed by atoms with Gasteiger partial charge in [0.05, 0.1) is 0 Å². The van der Waals surface area contributed by atoms with Crippen LogP contribution in [0.5, 0.6) is 5.75 Å². The van der Waals surface area contributed by atoms with E-state index in [1.54, 1.807) is 30.8 Å². The average molecular weight is 386 g/mol. The van der Waals surface area contributed by atoms with E-state index in [-0.39, 0.29) is 11.7 Å². The lowest BCUT2D eigenvalue weighted by Gasteiger charge is -2.14. The summed E-state index contributed by atoms with van der Waals surface area (Å²) in [6.45, 7) is 5.24. The van der Waals surface area contributed by atoms with Crippen LogP contribution in [0.2, 0.25) is 0 Å². The number of carbonyl (C=O) groups is 1. The van der Waals surface area contributed by atoms with Crippen molar-refractivity contribution in [1.29, 1.82) is 0 Å². The van der Waals surface area contributed by atoms with Crippen LogP contribution < -0.4 is 10.1 Å². The first-order valence-electron chi connectivity index (χ1n) is 8.99. The highest BCUT2D eigenvalue weighted by Crippen LogP contribution is 2.29. The van der Waals surface area contributed by atoms with E-state index in [9.17, 15) is 9.18 Å². The number of aromatic nitrogens is 1. The first-order chi connectivity index (χ1) is 13.1. The summed E-state index contributed by atoms with van der Waals surface area (Å²) >= 11 is 1.72. The van der Waals surface area contributed by atoms with E-state index in [2.05, 4.69) is 35.1 Å². The summed E-state index contributed by atoms with van der Waals surface area (Å²) in [5.74, 6) is 0.508. The second kappa shape index (κ2) is 8.95. The summed E-state index contributed by atoms with van der Waals surface area (Å²) in [4.78, 5) is 13.4. The fraction of sp³-hybridized carbons (Fsp3) is 0.286. The van der Waals surface area contributed by atoms with Gasteiger partial charge in [-0.25, -0.2) is 4.39 Å². The summed E-state index contributed by atoms with van der Waals surface area (Å²) in [6, 6.07) is 14.1. The fourth-order valence-corrected chi connectivity index (χ4v) is 3.82. The molecule has 1 amide bonds. The standard InChI is InChI=1S/C21H23FN2O2S/c1-3-24-14-20(18-9-4-5-10-19(18)24)27-12-11-23-21(25)15(2)26-17-8-6-7-16(22)13-17/h4-10,13-15H,3,11-12H2,1-2H3,(H,23,25). The molecule has 6 heteroatoms. The second-order valence-electron chi connectivity index (χ2n) is 6.15. The average Bonchev–Trinajstić information content (AvgIpc) is 3.03. The van der Waals surface area contributed by atoms with Crippen LogP contribution in [0, 0.1) is 5.82 Å². The summed E-state index contributed by atoms with van der Waals surface area (Å²) in [5, 5.41) is 4.11. The van der Waals surface area contributed by atoms with Gasteiger partial charge in [-0.05, 0) is 32.0 Å². The van der Waals surface area contributed by atoms with Crippen LogP contribution in [0.1, 0.15) is 13.8 Å². The van der Waals surface area contributed by atoms with E-state index in [4.69, 9.17) is 4.74 Å². The van der Waals surface area contributed by atoms with Gasteiger partial charge in [-0.15, -0.1) is 11.8 Å². The smallest absolute Gasteiger partial charge is 0.260 e. The Morgan fingerprint density at radius 2 is 2.07 bits per heavy atom. The van der Waals surface area contributed by atoms with Gasteiger partial charge in [-0.1, -0.05) is 24.3 Å². The Labute approximate surface area is 162 Å². The minimum absolute atomic E-state index is 0.212. The number of hydrogen-bond acceptors (Lipinski definition) is 3. The third kappa shape index (κ3) is 4.83. The third-order valence-electron chi connectivity index (χ3n) is 4.23. The Bertz CT molecular complexity index is 925. The summed E-state index contributed by atoms with van der Waals surface area (Å²) in [5.41, 5.74) is 1.23. The molecule has 27 heavy (non-hydrogen) atoms. The maximum atomic E-state index is 13.2. The highest BCUT2D eigenvalue weighted by Gasteiger charge is 2.14. The molecule has 0 saturated carbocycles. The van der Waals surface area contributed by atoms with Crippen molar-refractivity contribution in [2.24, 2.45) is 0 Å². The van der Waals surface area contributed by atoms with Crippen molar-refractivity contribution in [2.45, 2.75) is 31.4 Å². The van der Waals surface area contributed by atoms with E-state index in [0.29, 0.717) is 12.3 Å². The maximum Gasteiger partial charge on any atom is 0.260 e. The quantitative estimate of drug-likeness (QED) is 0.459. The van der Waals surface area contributed by atoms with Crippen molar-refractivity contribution in [3.8, 4) is 5.75 Å². The molecule has 0 spiro atoms. The second-order valence-corrected chi connectivity index (χ2v) is 7.29. The number of rotatable bonds is 8. The number of nitrogens with one attached hydrogen (secondary N) is 1. The molecule has 0 aliphatic heterocycles. The molecule has 0 radical (unpaired) electrons. The van der Waals surface area contributed by atoms with Gasteiger partial charge in [-0.3, -0.25) is 4.79 Å². The maximum absolute atomic E-state index is 13.2. The molecular formula is C21H23FN2O2S. The molecule has 142 valence electrons. The molecule has 1 heterocycles. The molecule has 1 unspecified atom stereocenters. The molecule has 0 aliphatic rings. The zero-order valence-electron chi connectivity index (χ0n) is 15.4. The number of hydrogen-bond donors (Lipinski definition) is 1. The lowest BCUT2D eigenvalue weighted by molar-refractivity contribution is -0.127. The van der Waals surface area contributed by atoms with Gasteiger partial charge in [0.15, 0.2) is 6.10 Å². The van der Waals surface area contributed by atoms with Crippen LogP contribution in [0.4, 0.5) is 4.39 Å². The zero-order chi connectivity index (χ0) is 19.2. The van der Waals surface area contributed by atoms with Crippen LogP contribution in [0.25, 0.3) is 10.9 Å². The lowest BCUT2D eigenvalue weighted by Crippen LogP contribution is -2.37. The Hall–Kier alpha value is -2.47. The predicted octanol–water partition coefficient (Wildman–Crippen LogP) is 4.48. The summed E-state index contributed by atoms with van der Waals surface area (Å²) in [7, 11) is 0. The zero-order valence-corrected chi connectivity index (χ0v) is 16.3. The molecule has 3 aromatic rings. The van der Waals surface area contributed by atoms with Crippen molar-refractivity contribution in [3.05, 3.63) is 60.5 Å². The van der Waals surface area contributed by atoms with Gasteiger partial charge >= 0.3 is 0 Å². The Morgan fingerprint density at radius 3 is 2.85 bits per heavy atom. The number of fused-ring (bicyclic) bond motifs is 1. The van der Waals surface area contributed by atoms with E-state index in [1.165, 1.54) is 27.9 Å². The van der Waals surface area contributed by atoms with Crippen molar-refractivity contribution >= 4 is 28.6 Å². The molecule has 3 rings (SSSR count). The monoisotopic (exact) mass is 386 g/mol. The van der Waals surface area contributed by atoms with Crippen molar-refractivity contribution in [2.75, 3.05) is 12.3 Å². The van der Waals surface area contributed by atoms with Crippen molar-refractivity contribution < 1.29 is 13.9 Å². The minimum Gasteiger partial charge on any atom is -0.481 e. The molecule has 0 fully saturated rings. The van der Waals surface area contributed by atoms with E-state index in [1.807, 2.05) is 12.1 Å². The molecule has 1 aromatic heterocycles. The number of aryl methyl sites for hydroxylation is 1. The van der Waals surface area contributed by atoms with Gasteiger partial charge in [0.25, 0.3) is 5.91 Å². The fourth-order valence-electron chi connectivity index (χ4n) is 2.87. The van der Waals surface area contributed by atoms with Crippen LogP contribution in [0.3, 0.4) is 0 Å². The summed E-state index contributed by atoms with van der Waals surface area (Å²) in [6.07, 6.45) is 1.48. The third-order valence-corrected chi connectivity index (χ3v) is 5.27. The Balaban J connectivity index is 1.49. The number of ether oxygens (including phenoxy) is 1. The van der Waals surface area contributed by atoms with Gasteiger partial charge in [-0.2, -0.15) is 0 Å². The molecule has 0 aliphatic carbocycles. The van der Waals surface area contributed by atoms with Crippen LogP contribution in [-0.4, -0.2) is 28.9 Å². The molecule has 4 nitrogen and oxygen atoms in total. The first kappa shape index (κ1) is 19.3. The topological polar surface area (TPSA) is 43.3 Å². The molecular weight excluding hydrogens is 363 g/mol. The van der Waals surface area contributed by atoms with Gasteiger partial charge in [0.2, 0.25) is 0 Å². The Morgan fingerprint density at radius 1 is 1.26 bits per heavy atom. The number of halogens is 1. The van der Waals surface area contributed by atoms with Gasteiger partial charge < -0.3 is 14.6 Å². The van der Waals surface area contributed by atoms with E-state index >= 15 is 0 Å².